The standard InChI is InChI=1S/C14H27N3O3/c1-10-9-17(7-6-16(10)5)13(20)15-11(8-12(18)19)14(2,3)4/h10-11H,6-9H2,1-5H3,(H,15,20)(H,18,19). The Kier molecular flexibility index (Phi) is 5.39. The Bertz CT molecular complexity index is 365. The Morgan fingerprint density at radius 2 is 1.95 bits per heavy atom. The highest BCUT2D eigenvalue weighted by atomic mass is 16.4. The molecular formula is C14H27N3O3. The lowest BCUT2D eigenvalue weighted by atomic mass is 9.85. The highest BCUT2D eigenvalue weighted by molar-refractivity contribution is 5.76. The second kappa shape index (κ2) is 6.43. The quantitative estimate of drug-likeness (QED) is 0.818. The first kappa shape index (κ1) is 16.8. The number of amides is 2. The van der Waals surface area contributed by atoms with E-state index in [1.807, 2.05) is 27.8 Å². The molecular weight excluding hydrogens is 258 g/mol. The molecule has 2 N–H and O–H groups in total. The fraction of sp³-hybridized carbons (Fsp3) is 0.857. The van der Waals surface area contributed by atoms with Crippen molar-refractivity contribution < 1.29 is 14.7 Å². The second-order valence-electron chi connectivity index (χ2n) is 6.74. The van der Waals surface area contributed by atoms with Gasteiger partial charge < -0.3 is 20.2 Å². The van der Waals surface area contributed by atoms with Gasteiger partial charge >= 0.3 is 12.0 Å². The molecule has 116 valence electrons. The third-order valence-electron chi connectivity index (χ3n) is 3.97. The van der Waals surface area contributed by atoms with E-state index in [0.29, 0.717) is 19.1 Å². The van der Waals surface area contributed by atoms with E-state index in [4.69, 9.17) is 5.11 Å². The van der Waals surface area contributed by atoms with Crippen molar-refractivity contribution in [2.75, 3.05) is 26.7 Å². The van der Waals surface area contributed by atoms with E-state index in [1.54, 1.807) is 4.90 Å². The van der Waals surface area contributed by atoms with Crippen molar-refractivity contribution in [3.05, 3.63) is 0 Å². The van der Waals surface area contributed by atoms with Gasteiger partial charge in [0, 0.05) is 31.7 Å². The van der Waals surface area contributed by atoms with Gasteiger partial charge in [0.2, 0.25) is 0 Å². The number of likely N-dealkylation sites (N-methyl/N-ethyl adjacent to an activating group) is 1. The van der Waals surface area contributed by atoms with E-state index in [1.165, 1.54) is 0 Å². The summed E-state index contributed by atoms with van der Waals surface area (Å²) in [6.07, 6.45) is -0.0570. The normalized spacial score (nSPS) is 22.4. The summed E-state index contributed by atoms with van der Waals surface area (Å²) in [5.41, 5.74) is -0.285. The summed E-state index contributed by atoms with van der Waals surface area (Å²) in [5.74, 6) is -0.892. The number of carbonyl (C=O) groups is 2. The van der Waals surface area contributed by atoms with Crippen LogP contribution in [-0.4, -0.2) is 65.7 Å². The van der Waals surface area contributed by atoms with Gasteiger partial charge in [-0.05, 0) is 19.4 Å². The zero-order valence-corrected chi connectivity index (χ0v) is 13.1. The molecule has 2 unspecified atom stereocenters. The van der Waals surface area contributed by atoms with Crippen molar-refractivity contribution in [1.82, 2.24) is 15.1 Å². The van der Waals surface area contributed by atoms with E-state index in [0.717, 1.165) is 6.54 Å². The molecule has 0 saturated carbocycles. The van der Waals surface area contributed by atoms with Gasteiger partial charge in [-0.25, -0.2) is 4.79 Å². The van der Waals surface area contributed by atoms with E-state index in [2.05, 4.69) is 17.1 Å². The van der Waals surface area contributed by atoms with E-state index in [9.17, 15) is 9.59 Å². The molecule has 0 aliphatic carbocycles. The van der Waals surface area contributed by atoms with Gasteiger partial charge in [0.1, 0.15) is 0 Å². The van der Waals surface area contributed by atoms with Crippen LogP contribution in [0.3, 0.4) is 0 Å². The lowest BCUT2D eigenvalue weighted by Gasteiger charge is -2.39. The molecule has 1 aliphatic heterocycles. The number of nitrogens with zero attached hydrogens (tertiary/aromatic N) is 2. The van der Waals surface area contributed by atoms with Crippen LogP contribution in [0, 0.1) is 5.41 Å². The summed E-state index contributed by atoms with van der Waals surface area (Å²) in [6.45, 7) is 10.1. The average molecular weight is 285 g/mol. The van der Waals surface area contributed by atoms with Gasteiger partial charge in [-0.3, -0.25) is 4.79 Å². The number of carboxylic acid groups (broad SMARTS) is 1. The number of urea groups is 1. The van der Waals surface area contributed by atoms with Crippen LogP contribution < -0.4 is 5.32 Å². The highest BCUT2D eigenvalue weighted by Crippen LogP contribution is 2.22. The van der Waals surface area contributed by atoms with Crippen molar-refractivity contribution in [2.24, 2.45) is 5.41 Å². The van der Waals surface area contributed by atoms with Crippen LogP contribution in [0.25, 0.3) is 0 Å². The van der Waals surface area contributed by atoms with Crippen molar-refractivity contribution in [3.8, 4) is 0 Å². The van der Waals surface area contributed by atoms with Crippen LogP contribution in [0.4, 0.5) is 4.79 Å². The average Bonchev–Trinajstić information content (AvgIpc) is 2.30. The monoisotopic (exact) mass is 285 g/mol. The number of rotatable bonds is 3. The molecule has 2 amide bonds. The predicted octanol–water partition coefficient (Wildman–Crippen LogP) is 1.22. The summed E-state index contributed by atoms with van der Waals surface area (Å²) in [5, 5.41) is 11.9. The molecule has 1 rings (SSSR count). The smallest absolute Gasteiger partial charge is 0.317 e. The number of nitrogens with one attached hydrogen (secondary N) is 1. The van der Waals surface area contributed by atoms with Gasteiger partial charge in [-0.1, -0.05) is 20.8 Å². The molecule has 20 heavy (non-hydrogen) atoms. The van der Waals surface area contributed by atoms with Gasteiger partial charge in [0.15, 0.2) is 0 Å². The van der Waals surface area contributed by atoms with Crippen molar-refractivity contribution in [3.63, 3.8) is 0 Å². The Morgan fingerprint density at radius 1 is 1.35 bits per heavy atom. The Hall–Kier alpha value is -1.30. The zero-order chi connectivity index (χ0) is 15.5. The number of aliphatic carboxylic acids is 1. The molecule has 0 aromatic heterocycles. The van der Waals surface area contributed by atoms with Crippen LogP contribution in [0.15, 0.2) is 0 Å². The molecule has 0 bridgehead atoms. The number of hydrogen-bond acceptors (Lipinski definition) is 3. The van der Waals surface area contributed by atoms with Crippen LogP contribution in [0.5, 0.6) is 0 Å². The molecule has 0 aromatic carbocycles. The maximum Gasteiger partial charge on any atom is 0.317 e. The van der Waals surface area contributed by atoms with Gasteiger partial charge in [0.05, 0.1) is 6.42 Å². The number of carbonyl (C=O) groups excluding carboxylic acids is 1. The third kappa shape index (κ3) is 4.67. The third-order valence-corrected chi connectivity index (χ3v) is 3.97. The molecule has 2 atom stereocenters. The fourth-order valence-electron chi connectivity index (χ4n) is 2.22. The Morgan fingerprint density at radius 3 is 2.40 bits per heavy atom. The summed E-state index contributed by atoms with van der Waals surface area (Å²) < 4.78 is 0. The predicted molar refractivity (Wildman–Crippen MR) is 77.7 cm³/mol. The second-order valence-corrected chi connectivity index (χ2v) is 6.74. The van der Waals surface area contributed by atoms with Crippen LogP contribution in [-0.2, 0) is 4.79 Å². The molecule has 1 aliphatic rings. The summed E-state index contributed by atoms with van der Waals surface area (Å²) in [4.78, 5) is 27.2. The van der Waals surface area contributed by atoms with Crippen LogP contribution in [0.1, 0.15) is 34.1 Å². The summed E-state index contributed by atoms with van der Waals surface area (Å²) >= 11 is 0. The molecule has 1 heterocycles. The zero-order valence-electron chi connectivity index (χ0n) is 13.1. The molecule has 6 heteroatoms. The van der Waals surface area contributed by atoms with Crippen molar-refractivity contribution in [2.45, 2.75) is 46.2 Å². The first-order valence-electron chi connectivity index (χ1n) is 7.08. The van der Waals surface area contributed by atoms with Crippen LogP contribution >= 0.6 is 0 Å². The number of carboxylic acids is 1. The Balaban J connectivity index is 2.64. The summed E-state index contributed by atoms with van der Waals surface area (Å²) in [6, 6.07) is -0.212. The van der Waals surface area contributed by atoms with Gasteiger partial charge in [-0.15, -0.1) is 0 Å². The van der Waals surface area contributed by atoms with Crippen molar-refractivity contribution in [1.29, 1.82) is 0 Å². The minimum Gasteiger partial charge on any atom is -0.481 e. The summed E-state index contributed by atoms with van der Waals surface area (Å²) in [7, 11) is 2.04. The topological polar surface area (TPSA) is 72.9 Å². The molecule has 0 spiro atoms. The number of hydrogen-bond donors (Lipinski definition) is 2. The van der Waals surface area contributed by atoms with Gasteiger partial charge in [-0.2, -0.15) is 0 Å². The fourth-order valence-corrected chi connectivity index (χ4v) is 2.22. The first-order chi connectivity index (χ1) is 9.11. The maximum absolute atomic E-state index is 12.3. The molecule has 1 fully saturated rings. The van der Waals surface area contributed by atoms with E-state index >= 15 is 0 Å². The van der Waals surface area contributed by atoms with Crippen LogP contribution in [0.2, 0.25) is 0 Å². The first-order valence-corrected chi connectivity index (χ1v) is 7.08. The largest absolute Gasteiger partial charge is 0.481 e. The minimum absolute atomic E-state index is 0.0570. The molecule has 1 saturated heterocycles. The SMILES string of the molecule is CC1CN(C(=O)NC(CC(=O)O)C(C)(C)C)CCN1C. The van der Waals surface area contributed by atoms with E-state index in [-0.39, 0.29) is 23.9 Å². The van der Waals surface area contributed by atoms with Gasteiger partial charge in [0.25, 0.3) is 0 Å². The number of piperazine rings is 1. The maximum atomic E-state index is 12.3. The molecule has 6 nitrogen and oxygen atoms in total. The van der Waals surface area contributed by atoms with E-state index < -0.39 is 5.97 Å². The minimum atomic E-state index is -0.892. The lowest BCUT2D eigenvalue weighted by Crippen LogP contribution is -2.57. The highest BCUT2D eigenvalue weighted by Gasteiger charge is 2.31. The molecule has 0 aromatic rings. The lowest BCUT2D eigenvalue weighted by molar-refractivity contribution is -0.138. The van der Waals surface area contributed by atoms with Crippen molar-refractivity contribution >= 4 is 12.0 Å². The molecule has 0 radical (unpaired) electrons. The Labute approximate surface area is 121 Å².